The fraction of sp³-hybridized carbons (Fsp3) is 0.500. The largest absolute Gasteiger partial charge is 0.378 e. The van der Waals surface area contributed by atoms with Crippen molar-refractivity contribution in [3.63, 3.8) is 0 Å². The molecular formula is C12H19NS. The van der Waals surface area contributed by atoms with E-state index >= 15 is 0 Å². The Morgan fingerprint density at radius 2 is 1.64 bits per heavy atom. The Hall–Kier alpha value is -0.630. The Bertz CT molecular complexity index is 282. The van der Waals surface area contributed by atoms with Crippen LogP contribution in [0.15, 0.2) is 24.3 Å². The lowest BCUT2D eigenvalue weighted by Gasteiger charge is -2.18. The molecule has 1 nitrogen and oxygen atoms in total. The summed E-state index contributed by atoms with van der Waals surface area (Å²) in [4.78, 5) is 2.11. The van der Waals surface area contributed by atoms with Gasteiger partial charge in [-0.05, 0) is 24.1 Å². The van der Waals surface area contributed by atoms with Crippen molar-refractivity contribution in [3.8, 4) is 0 Å². The van der Waals surface area contributed by atoms with Crippen LogP contribution in [0.2, 0.25) is 0 Å². The Labute approximate surface area is 92.5 Å². The van der Waals surface area contributed by atoms with E-state index in [1.54, 1.807) is 0 Å². The van der Waals surface area contributed by atoms with E-state index in [0.29, 0.717) is 0 Å². The van der Waals surface area contributed by atoms with Crippen molar-refractivity contribution in [1.29, 1.82) is 0 Å². The average Bonchev–Trinajstić information content (AvgIpc) is 2.02. The monoisotopic (exact) mass is 209 g/mol. The lowest BCUT2D eigenvalue weighted by atomic mass is 10.0. The smallest absolute Gasteiger partial charge is 0.0361 e. The molecule has 0 saturated carbocycles. The first kappa shape index (κ1) is 11.4. The number of nitrogens with zero attached hydrogens (tertiary/aromatic N) is 1. The molecule has 0 heterocycles. The van der Waals surface area contributed by atoms with Crippen LogP contribution in [0.1, 0.15) is 19.4 Å². The zero-order valence-corrected chi connectivity index (χ0v) is 10.3. The van der Waals surface area contributed by atoms with Gasteiger partial charge in [0.2, 0.25) is 0 Å². The molecule has 0 fully saturated rings. The summed E-state index contributed by atoms with van der Waals surface area (Å²) < 4.78 is 0.0691. The summed E-state index contributed by atoms with van der Waals surface area (Å²) in [7, 11) is 4.11. The molecule has 2 heteroatoms. The first-order valence-corrected chi connectivity index (χ1v) is 5.32. The van der Waals surface area contributed by atoms with Gasteiger partial charge in [-0.15, -0.1) is 0 Å². The summed E-state index contributed by atoms with van der Waals surface area (Å²) in [5, 5.41) is 0. The first-order valence-electron chi connectivity index (χ1n) is 4.87. The molecule has 1 aromatic rings. The minimum atomic E-state index is 0.0691. The average molecular weight is 209 g/mol. The highest BCUT2D eigenvalue weighted by Crippen LogP contribution is 2.20. The predicted octanol–water partition coefficient (Wildman–Crippen LogP) is 3.00. The molecule has 0 aliphatic rings. The van der Waals surface area contributed by atoms with Crippen molar-refractivity contribution in [3.05, 3.63) is 29.8 Å². The molecule has 0 amide bonds. The van der Waals surface area contributed by atoms with Gasteiger partial charge in [-0.3, -0.25) is 0 Å². The van der Waals surface area contributed by atoms with Gasteiger partial charge in [0.15, 0.2) is 0 Å². The molecule has 78 valence electrons. The van der Waals surface area contributed by atoms with Gasteiger partial charge >= 0.3 is 0 Å². The number of thiol groups is 1. The van der Waals surface area contributed by atoms with Crippen LogP contribution in [0.3, 0.4) is 0 Å². The zero-order chi connectivity index (χ0) is 10.8. The van der Waals surface area contributed by atoms with E-state index in [9.17, 15) is 0 Å². The van der Waals surface area contributed by atoms with Gasteiger partial charge in [-0.2, -0.15) is 12.6 Å². The van der Waals surface area contributed by atoms with Crippen molar-refractivity contribution >= 4 is 18.3 Å². The molecule has 0 aliphatic carbocycles. The molecule has 0 N–H and O–H groups in total. The third-order valence-corrected chi connectivity index (χ3v) is 2.25. The van der Waals surface area contributed by atoms with Crippen LogP contribution in [-0.4, -0.2) is 18.8 Å². The van der Waals surface area contributed by atoms with Gasteiger partial charge in [0, 0.05) is 24.5 Å². The van der Waals surface area contributed by atoms with Gasteiger partial charge in [0.25, 0.3) is 0 Å². The third kappa shape index (κ3) is 3.62. The van der Waals surface area contributed by atoms with Crippen molar-refractivity contribution in [2.24, 2.45) is 0 Å². The van der Waals surface area contributed by atoms with Crippen LogP contribution in [0, 0.1) is 0 Å². The number of hydrogen-bond donors (Lipinski definition) is 1. The Morgan fingerprint density at radius 1 is 1.14 bits per heavy atom. The Balaban J connectivity index is 2.74. The zero-order valence-electron chi connectivity index (χ0n) is 9.41. The molecule has 0 radical (unpaired) electrons. The fourth-order valence-corrected chi connectivity index (χ4v) is 1.59. The third-order valence-electron chi connectivity index (χ3n) is 2.09. The summed E-state index contributed by atoms with van der Waals surface area (Å²) in [6, 6.07) is 8.64. The summed E-state index contributed by atoms with van der Waals surface area (Å²) >= 11 is 4.52. The molecule has 0 bridgehead atoms. The SMILES string of the molecule is CN(C)c1ccc(CC(C)(C)S)cc1. The van der Waals surface area contributed by atoms with Crippen LogP contribution in [0.25, 0.3) is 0 Å². The lowest BCUT2D eigenvalue weighted by Crippen LogP contribution is -2.14. The van der Waals surface area contributed by atoms with Gasteiger partial charge in [0.05, 0.1) is 0 Å². The number of hydrogen-bond acceptors (Lipinski definition) is 2. The standard InChI is InChI=1S/C12H19NS/c1-12(2,14)9-10-5-7-11(8-6-10)13(3)4/h5-8,14H,9H2,1-4H3. The minimum absolute atomic E-state index is 0.0691. The van der Waals surface area contributed by atoms with Crippen LogP contribution in [0.4, 0.5) is 5.69 Å². The lowest BCUT2D eigenvalue weighted by molar-refractivity contribution is 0.714. The topological polar surface area (TPSA) is 3.24 Å². The highest BCUT2D eigenvalue weighted by molar-refractivity contribution is 7.81. The van der Waals surface area contributed by atoms with E-state index in [-0.39, 0.29) is 4.75 Å². The molecule has 0 aromatic heterocycles. The van der Waals surface area contributed by atoms with E-state index in [1.165, 1.54) is 11.3 Å². The van der Waals surface area contributed by atoms with Crippen LogP contribution in [-0.2, 0) is 6.42 Å². The molecular weight excluding hydrogens is 190 g/mol. The molecule has 0 unspecified atom stereocenters. The molecule has 0 spiro atoms. The second-order valence-electron chi connectivity index (χ2n) is 4.55. The highest BCUT2D eigenvalue weighted by Gasteiger charge is 2.11. The quantitative estimate of drug-likeness (QED) is 0.749. The van der Waals surface area contributed by atoms with Crippen molar-refractivity contribution < 1.29 is 0 Å². The molecule has 14 heavy (non-hydrogen) atoms. The Morgan fingerprint density at radius 3 is 2.00 bits per heavy atom. The van der Waals surface area contributed by atoms with Gasteiger partial charge in [0.1, 0.15) is 0 Å². The van der Waals surface area contributed by atoms with Crippen LogP contribution in [0.5, 0.6) is 0 Å². The van der Waals surface area contributed by atoms with Gasteiger partial charge in [-0.25, -0.2) is 0 Å². The normalized spacial score (nSPS) is 11.5. The van der Waals surface area contributed by atoms with Crippen molar-refractivity contribution in [2.45, 2.75) is 25.0 Å². The molecule has 0 atom stereocenters. The summed E-state index contributed by atoms with van der Waals surface area (Å²) in [5.74, 6) is 0. The van der Waals surface area contributed by atoms with Gasteiger partial charge in [-0.1, -0.05) is 26.0 Å². The Kier molecular flexibility index (Phi) is 3.48. The number of anilines is 1. The first-order chi connectivity index (χ1) is 6.38. The van der Waals surface area contributed by atoms with E-state index in [4.69, 9.17) is 0 Å². The van der Waals surface area contributed by atoms with E-state index in [1.807, 2.05) is 0 Å². The van der Waals surface area contributed by atoms with Crippen LogP contribution >= 0.6 is 12.6 Å². The fourth-order valence-electron chi connectivity index (χ4n) is 1.41. The predicted molar refractivity (Wildman–Crippen MR) is 67.5 cm³/mol. The number of rotatable bonds is 3. The minimum Gasteiger partial charge on any atom is -0.378 e. The molecule has 0 aliphatic heterocycles. The van der Waals surface area contributed by atoms with Crippen molar-refractivity contribution in [2.75, 3.05) is 19.0 Å². The summed E-state index contributed by atoms with van der Waals surface area (Å²) in [6.45, 7) is 4.27. The summed E-state index contributed by atoms with van der Waals surface area (Å²) in [5.41, 5.74) is 2.58. The van der Waals surface area contributed by atoms with E-state index < -0.39 is 0 Å². The maximum absolute atomic E-state index is 4.52. The number of benzene rings is 1. The van der Waals surface area contributed by atoms with Crippen molar-refractivity contribution in [1.82, 2.24) is 0 Å². The maximum atomic E-state index is 4.52. The van der Waals surface area contributed by atoms with E-state index in [0.717, 1.165) is 6.42 Å². The maximum Gasteiger partial charge on any atom is 0.0361 e. The summed E-state index contributed by atoms with van der Waals surface area (Å²) in [6.07, 6.45) is 1.00. The molecule has 0 saturated heterocycles. The highest BCUT2D eigenvalue weighted by atomic mass is 32.1. The van der Waals surface area contributed by atoms with Gasteiger partial charge < -0.3 is 4.90 Å². The molecule has 1 aromatic carbocycles. The second-order valence-corrected chi connectivity index (χ2v) is 5.76. The second kappa shape index (κ2) is 4.26. The van der Waals surface area contributed by atoms with Crippen LogP contribution < -0.4 is 4.90 Å². The molecule has 1 rings (SSSR count). The van der Waals surface area contributed by atoms with E-state index in [2.05, 4.69) is 69.7 Å².